The molecule has 0 spiro atoms. The first-order valence-corrected chi connectivity index (χ1v) is 8.61. The minimum Gasteiger partial charge on any atom is -0.356 e. The number of aryl methyl sites for hydroxylation is 1. The Labute approximate surface area is 157 Å². The van der Waals surface area contributed by atoms with Crippen molar-refractivity contribution in [1.82, 2.24) is 15.6 Å². The maximum absolute atomic E-state index is 4.35. The predicted octanol–water partition coefficient (Wildman–Crippen LogP) is 3.77. The molecular weight excluding hydrogens is 427 g/mol. The maximum atomic E-state index is 4.35. The quantitative estimate of drug-likeness (QED) is 0.414. The lowest BCUT2D eigenvalue weighted by Gasteiger charge is -2.24. The monoisotopic (exact) mass is 450 g/mol. The molecule has 0 amide bonds. The van der Waals surface area contributed by atoms with Crippen molar-refractivity contribution in [3.63, 3.8) is 0 Å². The summed E-state index contributed by atoms with van der Waals surface area (Å²) >= 11 is 3.50. The molecule has 2 N–H and O–H groups in total. The summed E-state index contributed by atoms with van der Waals surface area (Å²) in [5.41, 5.74) is 0.0869. The van der Waals surface area contributed by atoms with Crippen LogP contribution in [-0.2, 0) is 12.0 Å². The first kappa shape index (κ1) is 19.4. The van der Waals surface area contributed by atoms with Crippen molar-refractivity contribution in [2.75, 3.05) is 13.6 Å². The smallest absolute Gasteiger partial charge is 0.191 e. The fraction of sp³-hybridized carbons (Fsp3) is 0.467. The molecule has 2 aromatic rings. The summed E-state index contributed by atoms with van der Waals surface area (Å²) in [6, 6.07) is 4.28. The normalized spacial score (nSPS) is 11.9. The van der Waals surface area contributed by atoms with Crippen molar-refractivity contribution < 1.29 is 0 Å². The van der Waals surface area contributed by atoms with E-state index in [2.05, 4.69) is 58.9 Å². The minimum absolute atomic E-state index is 0. The Morgan fingerprint density at radius 3 is 2.68 bits per heavy atom. The van der Waals surface area contributed by atoms with E-state index in [4.69, 9.17) is 0 Å². The molecule has 2 rings (SSSR count). The van der Waals surface area contributed by atoms with Gasteiger partial charge in [-0.15, -0.1) is 46.7 Å². The third kappa shape index (κ3) is 5.51. The van der Waals surface area contributed by atoms with E-state index in [0.717, 1.165) is 17.5 Å². The standard InChI is InChI=1S/C15H22N4S2.HI/c1-11-8-17-13(21-11)9-18-14(16-4)19-10-15(2,3)12-6-5-7-20-12;/h5-8H,9-10H2,1-4H3,(H2,16,18,19);1H. The summed E-state index contributed by atoms with van der Waals surface area (Å²) in [6.07, 6.45) is 1.90. The Bertz CT molecular complexity index is 590. The van der Waals surface area contributed by atoms with Crippen molar-refractivity contribution in [1.29, 1.82) is 0 Å². The number of thiophene rings is 1. The van der Waals surface area contributed by atoms with Gasteiger partial charge < -0.3 is 10.6 Å². The van der Waals surface area contributed by atoms with Gasteiger partial charge in [0.15, 0.2) is 5.96 Å². The van der Waals surface area contributed by atoms with Gasteiger partial charge in [0.25, 0.3) is 0 Å². The lowest BCUT2D eigenvalue weighted by atomic mass is 9.91. The average molecular weight is 450 g/mol. The number of nitrogens with one attached hydrogen (secondary N) is 2. The van der Waals surface area contributed by atoms with Crippen LogP contribution in [0.1, 0.15) is 28.6 Å². The van der Waals surface area contributed by atoms with Gasteiger partial charge in [-0.25, -0.2) is 4.98 Å². The lowest BCUT2D eigenvalue weighted by Crippen LogP contribution is -2.42. The van der Waals surface area contributed by atoms with Gasteiger partial charge in [0, 0.05) is 35.0 Å². The number of aliphatic imine (C=N–C) groups is 1. The summed E-state index contributed by atoms with van der Waals surface area (Å²) in [4.78, 5) is 11.2. The Kier molecular flexibility index (Phi) is 7.78. The Hall–Kier alpha value is -0.670. The second kappa shape index (κ2) is 8.83. The summed E-state index contributed by atoms with van der Waals surface area (Å²) in [5, 5.41) is 9.90. The number of nitrogens with zero attached hydrogens (tertiary/aromatic N) is 2. The molecule has 4 nitrogen and oxygen atoms in total. The molecule has 22 heavy (non-hydrogen) atoms. The van der Waals surface area contributed by atoms with E-state index in [1.54, 1.807) is 29.7 Å². The molecule has 2 aromatic heterocycles. The Balaban J connectivity index is 0.00000242. The van der Waals surface area contributed by atoms with E-state index in [1.807, 2.05) is 6.20 Å². The molecule has 122 valence electrons. The number of thiazole rings is 1. The van der Waals surface area contributed by atoms with Crippen LogP contribution in [0.15, 0.2) is 28.7 Å². The molecule has 0 fully saturated rings. The van der Waals surface area contributed by atoms with Crippen molar-refractivity contribution in [3.05, 3.63) is 38.5 Å². The fourth-order valence-corrected chi connectivity index (χ4v) is 3.50. The topological polar surface area (TPSA) is 49.3 Å². The molecule has 0 aliphatic rings. The summed E-state index contributed by atoms with van der Waals surface area (Å²) in [7, 11) is 1.79. The van der Waals surface area contributed by atoms with Crippen LogP contribution < -0.4 is 10.6 Å². The van der Waals surface area contributed by atoms with Crippen molar-refractivity contribution >= 4 is 52.6 Å². The van der Waals surface area contributed by atoms with Crippen LogP contribution in [0.3, 0.4) is 0 Å². The second-order valence-electron chi connectivity index (χ2n) is 5.51. The molecule has 0 saturated heterocycles. The molecule has 2 heterocycles. The number of hydrogen-bond acceptors (Lipinski definition) is 4. The van der Waals surface area contributed by atoms with Crippen LogP contribution >= 0.6 is 46.7 Å². The molecule has 7 heteroatoms. The van der Waals surface area contributed by atoms with Crippen molar-refractivity contribution in [3.8, 4) is 0 Å². The number of hydrogen-bond donors (Lipinski definition) is 2. The van der Waals surface area contributed by atoms with Gasteiger partial charge in [0.05, 0.1) is 6.54 Å². The van der Waals surface area contributed by atoms with E-state index in [9.17, 15) is 0 Å². The van der Waals surface area contributed by atoms with Crippen LogP contribution in [0.5, 0.6) is 0 Å². The maximum Gasteiger partial charge on any atom is 0.191 e. The number of rotatable bonds is 5. The first-order chi connectivity index (χ1) is 10.0. The zero-order valence-electron chi connectivity index (χ0n) is 13.3. The molecule has 0 radical (unpaired) electrons. The number of halogens is 1. The predicted molar refractivity (Wildman–Crippen MR) is 108 cm³/mol. The molecule has 0 aliphatic carbocycles. The van der Waals surface area contributed by atoms with E-state index >= 15 is 0 Å². The summed E-state index contributed by atoms with van der Waals surface area (Å²) in [5.74, 6) is 0.812. The number of aromatic nitrogens is 1. The minimum atomic E-state index is 0. The third-order valence-corrected chi connectivity index (χ3v) is 5.33. The summed E-state index contributed by atoms with van der Waals surface area (Å²) in [6.45, 7) is 8.09. The van der Waals surface area contributed by atoms with Crippen molar-refractivity contribution in [2.45, 2.75) is 32.7 Å². The zero-order valence-corrected chi connectivity index (χ0v) is 17.3. The highest BCUT2D eigenvalue weighted by Gasteiger charge is 2.21. The molecule has 0 aromatic carbocycles. The summed E-state index contributed by atoms with van der Waals surface area (Å²) < 4.78 is 0. The highest BCUT2D eigenvalue weighted by Crippen LogP contribution is 2.26. The van der Waals surface area contributed by atoms with Gasteiger partial charge in [-0.3, -0.25) is 4.99 Å². The van der Waals surface area contributed by atoms with Crippen molar-refractivity contribution in [2.24, 2.45) is 4.99 Å². The van der Waals surface area contributed by atoms with Gasteiger partial charge in [0.1, 0.15) is 5.01 Å². The van der Waals surface area contributed by atoms with Gasteiger partial charge in [0.2, 0.25) is 0 Å². The van der Waals surface area contributed by atoms with Gasteiger partial charge >= 0.3 is 0 Å². The van der Waals surface area contributed by atoms with E-state index in [0.29, 0.717) is 6.54 Å². The molecular formula is C15H23IN4S2. The fourth-order valence-electron chi connectivity index (χ4n) is 1.92. The molecule has 0 atom stereocenters. The Morgan fingerprint density at radius 2 is 2.14 bits per heavy atom. The zero-order chi connectivity index (χ0) is 15.3. The third-order valence-electron chi connectivity index (χ3n) is 3.19. The second-order valence-corrected chi connectivity index (χ2v) is 7.77. The highest BCUT2D eigenvalue weighted by atomic mass is 127. The van der Waals surface area contributed by atoms with E-state index in [-0.39, 0.29) is 29.4 Å². The van der Waals surface area contributed by atoms with E-state index in [1.165, 1.54) is 9.75 Å². The van der Waals surface area contributed by atoms with Crippen LogP contribution in [-0.4, -0.2) is 24.5 Å². The van der Waals surface area contributed by atoms with Crippen LogP contribution in [0.4, 0.5) is 0 Å². The lowest BCUT2D eigenvalue weighted by molar-refractivity contribution is 0.518. The first-order valence-electron chi connectivity index (χ1n) is 6.91. The molecule has 0 saturated carbocycles. The number of guanidine groups is 1. The SMILES string of the molecule is CN=C(NCc1ncc(C)s1)NCC(C)(C)c1cccs1.I. The van der Waals surface area contributed by atoms with Gasteiger partial charge in [-0.2, -0.15) is 0 Å². The van der Waals surface area contributed by atoms with Gasteiger partial charge in [-0.1, -0.05) is 19.9 Å². The van der Waals surface area contributed by atoms with Crippen LogP contribution in [0.2, 0.25) is 0 Å². The average Bonchev–Trinajstić information content (AvgIpc) is 3.10. The van der Waals surface area contributed by atoms with E-state index < -0.39 is 0 Å². The van der Waals surface area contributed by atoms with Crippen LogP contribution in [0.25, 0.3) is 0 Å². The largest absolute Gasteiger partial charge is 0.356 e. The molecule has 0 unspecified atom stereocenters. The van der Waals surface area contributed by atoms with Crippen LogP contribution in [0, 0.1) is 6.92 Å². The molecule has 0 bridgehead atoms. The Morgan fingerprint density at radius 1 is 1.36 bits per heavy atom. The van der Waals surface area contributed by atoms with Gasteiger partial charge in [-0.05, 0) is 18.4 Å². The highest BCUT2D eigenvalue weighted by molar-refractivity contribution is 14.0. The molecule has 0 aliphatic heterocycles.